The van der Waals surface area contributed by atoms with Gasteiger partial charge in [0.05, 0.1) is 3.79 Å². The molecule has 1 nitrogen and oxygen atoms in total. The van der Waals surface area contributed by atoms with E-state index in [2.05, 4.69) is 64.1 Å². The molecule has 0 spiro atoms. The maximum absolute atomic E-state index is 3.61. The standard InChI is InChI=1S/C12H14BrNS2/c1-8(10-5-6-15-7-10)14-9(2)11-3-4-12(13)16-11/h3-9,14H,1-2H3. The summed E-state index contributed by atoms with van der Waals surface area (Å²) in [6.07, 6.45) is 0. The Morgan fingerprint density at radius 1 is 1.19 bits per heavy atom. The minimum absolute atomic E-state index is 0.395. The number of halogens is 1. The molecule has 0 saturated heterocycles. The van der Waals surface area contributed by atoms with Crippen molar-refractivity contribution in [2.45, 2.75) is 25.9 Å². The molecule has 0 saturated carbocycles. The Kier molecular flexibility index (Phi) is 4.19. The van der Waals surface area contributed by atoms with Crippen LogP contribution in [0.4, 0.5) is 0 Å². The van der Waals surface area contributed by atoms with Crippen molar-refractivity contribution in [2.24, 2.45) is 0 Å². The van der Waals surface area contributed by atoms with Gasteiger partial charge in [0.25, 0.3) is 0 Å². The van der Waals surface area contributed by atoms with Crippen LogP contribution < -0.4 is 5.32 Å². The van der Waals surface area contributed by atoms with Crippen LogP contribution in [0.5, 0.6) is 0 Å². The van der Waals surface area contributed by atoms with Crippen LogP contribution in [0.15, 0.2) is 32.7 Å². The Labute approximate surface area is 113 Å². The van der Waals surface area contributed by atoms with E-state index < -0.39 is 0 Å². The fourth-order valence-electron chi connectivity index (χ4n) is 1.64. The lowest BCUT2D eigenvalue weighted by molar-refractivity contribution is 0.501. The monoisotopic (exact) mass is 315 g/mol. The number of thiophene rings is 2. The van der Waals surface area contributed by atoms with Crippen LogP contribution in [0.3, 0.4) is 0 Å². The highest BCUT2D eigenvalue weighted by Gasteiger charge is 2.12. The van der Waals surface area contributed by atoms with Crippen molar-refractivity contribution in [2.75, 3.05) is 0 Å². The molecule has 4 heteroatoms. The lowest BCUT2D eigenvalue weighted by atomic mass is 10.1. The largest absolute Gasteiger partial charge is 0.303 e. The average Bonchev–Trinajstić information content (AvgIpc) is 2.87. The molecule has 0 amide bonds. The summed E-state index contributed by atoms with van der Waals surface area (Å²) >= 11 is 7.04. The Bertz CT molecular complexity index is 436. The molecule has 0 aliphatic heterocycles. The molecule has 0 aliphatic carbocycles. The zero-order valence-electron chi connectivity index (χ0n) is 9.24. The first-order chi connectivity index (χ1) is 7.66. The van der Waals surface area contributed by atoms with Gasteiger partial charge >= 0.3 is 0 Å². The molecule has 0 fully saturated rings. The summed E-state index contributed by atoms with van der Waals surface area (Å²) < 4.78 is 1.19. The zero-order chi connectivity index (χ0) is 11.5. The fourth-order valence-corrected chi connectivity index (χ4v) is 3.82. The van der Waals surface area contributed by atoms with Gasteiger partial charge in [-0.15, -0.1) is 11.3 Å². The number of hydrogen-bond donors (Lipinski definition) is 1. The van der Waals surface area contributed by atoms with E-state index in [1.165, 1.54) is 14.2 Å². The molecule has 16 heavy (non-hydrogen) atoms. The van der Waals surface area contributed by atoms with Crippen LogP contribution in [-0.4, -0.2) is 0 Å². The topological polar surface area (TPSA) is 12.0 Å². The maximum atomic E-state index is 3.61. The third-order valence-electron chi connectivity index (χ3n) is 2.56. The Hall–Kier alpha value is -0.160. The Morgan fingerprint density at radius 3 is 2.56 bits per heavy atom. The van der Waals surface area contributed by atoms with E-state index in [4.69, 9.17) is 0 Å². The number of rotatable bonds is 4. The number of nitrogens with one attached hydrogen (secondary N) is 1. The average molecular weight is 316 g/mol. The SMILES string of the molecule is CC(NC(C)c1ccc(Br)s1)c1ccsc1. The second kappa shape index (κ2) is 5.45. The zero-order valence-corrected chi connectivity index (χ0v) is 12.5. The van der Waals surface area contributed by atoms with Crippen LogP contribution >= 0.6 is 38.6 Å². The van der Waals surface area contributed by atoms with Gasteiger partial charge in [0.2, 0.25) is 0 Å². The van der Waals surface area contributed by atoms with Crippen molar-refractivity contribution in [1.82, 2.24) is 5.32 Å². The molecule has 2 aromatic heterocycles. The lowest BCUT2D eigenvalue weighted by Gasteiger charge is -2.18. The van der Waals surface area contributed by atoms with Crippen LogP contribution in [0.2, 0.25) is 0 Å². The predicted octanol–water partition coefficient (Wildman–Crippen LogP) is 4.98. The van der Waals surface area contributed by atoms with Gasteiger partial charge in [-0.05, 0) is 64.3 Å². The van der Waals surface area contributed by atoms with Gasteiger partial charge in [-0.2, -0.15) is 11.3 Å². The first-order valence-electron chi connectivity index (χ1n) is 5.20. The normalized spacial score (nSPS) is 14.9. The van der Waals surface area contributed by atoms with Gasteiger partial charge < -0.3 is 5.32 Å². The quantitative estimate of drug-likeness (QED) is 0.838. The first-order valence-corrected chi connectivity index (χ1v) is 7.75. The molecule has 86 valence electrons. The third kappa shape index (κ3) is 2.94. The van der Waals surface area contributed by atoms with E-state index >= 15 is 0 Å². The molecule has 2 aromatic rings. The molecule has 2 heterocycles. The van der Waals surface area contributed by atoms with Gasteiger partial charge in [0.15, 0.2) is 0 Å². The summed E-state index contributed by atoms with van der Waals surface area (Å²) in [5.41, 5.74) is 1.37. The van der Waals surface area contributed by atoms with Crippen molar-refractivity contribution < 1.29 is 0 Å². The van der Waals surface area contributed by atoms with Crippen molar-refractivity contribution in [1.29, 1.82) is 0 Å². The first kappa shape index (κ1) is 12.3. The van der Waals surface area contributed by atoms with Crippen LogP contribution in [0.1, 0.15) is 36.4 Å². The third-order valence-corrected chi connectivity index (χ3v) is 5.07. The van der Waals surface area contributed by atoms with Crippen LogP contribution in [-0.2, 0) is 0 Å². The fraction of sp³-hybridized carbons (Fsp3) is 0.333. The minimum atomic E-state index is 0.395. The van der Waals surface area contributed by atoms with Crippen molar-refractivity contribution in [3.05, 3.63) is 43.2 Å². The smallest absolute Gasteiger partial charge is 0.0701 e. The van der Waals surface area contributed by atoms with Gasteiger partial charge in [-0.25, -0.2) is 0 Å². The molecule has 0 aliphatic rings. The Morgan fingerprint density at radius 2 is 2.00 bits per heavy atom. The van der Waals surface area contributed by atoms with Crippen molar-refractivity contribution in [3.63, 3.8) is 0 Å². The molecule has 0 bridgehead atoms. The maximum Gasteiger partial charge on any atom is 0.0701 e. The summed E-state index contributed by atoms with van der Waals surface area (Å²) in [4.78, 5) is 1.37. The molecule has 2 rings (SSSR count). The van der Waals surface area contributed by atoms with Crippen LogP contribution in [0, 0.1) is 0 Å². The molecule has 2 atom stereocenters. The highest BCUT2D eigenvalue weighted by molar-refractivity contribution is 9.11. The summed E-state index contributed by atoms with van der Waals surface area (Å²) in [7, 11) is 0. The number of hydrogen-bond acceptors (Lipinski definition) is 3. The van der Waals surface area contributed by atoms with Crippen LogP contribution in [0.25, 0.3) is 0 Å². The van der Waals surface area contributed by atoms with Gasteiger partial charge in [0.1, 0.15) is 0 Å². The van der Waals surface area contributed by atoms with Gasteiger partial charge in [0, 0.05) is 17.0 Å². The lowest BCUT2D eigenvalue weighted by Crippen LogP contribution is -2.21. The van der Waals surface area contributed by atoms with E-state index in [0.29, 0.717) is 12.1 Å². The molecular formula is C12H14BrNS2. The second-order valence-electron chi connectivity index (χ2n) is 3.81. The second-order valence-corrected chi connectivity index (χ2v) is 7.08. The highest BCUT2D eigenvalue weighted by Crippen LogP contribution is 2.29. The highest BCUT2D eigenvalue weighted by atomic mass is 79.9. The van der Waals surface area contributed by atoms with E-state index in [-0.39, 0.29) is 0 Å². The van der Waals surface area contributed by atoms with Crippen molar-refractivity contribution in [3.8, 4) is 0 Å². The molecule has 0 radical (unpaired) electrons. The molecule has 2 unspecified atom stereocenters. The van der Waals surface area contributed by atoms with E-state index in [9.17, 15) is 0 Å². The Balaban J connectivity index is 2.00. The van der Waals surface area contributed by atoms with E-state index in [1.54, 1.807) is 22.7 Å². The summed E-state index contributed by atoms with van der Waals surface area (Å²) in [6.45, 7) is 4.42. The van der Waals surface area contributed by atoms with E-state index in [1.807, 2.05) is 0 Å². The molecule has 0 aromatic carbocycles. The van der Waals surface area contributed by atoms with Crippen molar-refractivity contribution >= 4 is 38.6 Å². The molecular weight excluding hydrogens is 302 g/mol. The minimum Gasteiger partial charge on any atom is -0.303 e. The van der Waals surface area contributed by atoms with E-state index in [0.717, 1.165) is 0 Å². The summed E-state index contributed by atoms with van der Waals surface area (Å²) in [6, 6.07) is 7.26. The predicted molar refractivity (Wildman–Crippen MR) is 76.3 cm³/mol. The molecule has 1 N–H and O–H groups in total. The van der Waals surface area contributed by atoms with Gasteiger partial charge in [-0.3, -0.25) is 0 Å². The summed E-state index contributed by atoms with van der Waals surface area (Å²) in [5, 5.41) is 7.94. The summed E-state index contributed by atoms with van der Waals surface area (Å²) in [5.74, 6) is 0. The van der Waals surface area contributed by atoms with Gasteiger partial charge in [-0.1, -0.05) is 0 Å².